The van der Waals surface area contributed by atoms with Crippen molar-refractivity contribution in [3.05, 3.63) is 11.6 Å². The van der Waals surface area contributed by atoms with E-state index in [2.05, 4.69) is 18.3 Å². The third-order valence-electron chi connectivity index (χ3n) is 3.43. The molecule has 2 rings (SSSR count). The van der Waals surface area contributed by atoms with E-state index >= 15 is 0 Å². The van der Waals surface area contributed by atoms with Crippen molar-refractivity contribution in [3.8, 4) is 0 Å². The first-order chi connectivity index (χ1) is 6.86. The number of rotatable bonds is 3. The second-order valence-corrected chi connectivity index (χ2v) is 4.51. The minimum absolute atomic E-state index is 0.513. The molecule has 2 heterocycles. The van der Waals surface area contributed by atoms with Crippen LogP contribution in [0.4, 0.5) is 0 Å². The van der Waals surface area contributed by atoms with Crippen molar-refractivity contribution < 1.29 is 4.74 Å². The third kappa shape index (κ3) is 2.58. The van der Waals surface area contributed by atoms with E-state index in [-0.39, 0.29) is 0 Å². The summed E-state index contributed by atoms with van der Waals surface area (Å²) in [5.74, 6) is 0.788. The van der Waals surface area contributed by atoms with Gasteiger partial charge in [-0.3, -0.25) is 0 Å². The molecule has 0 bridgehead atoms. The van der Waals surface area contributed by atoms with Crippen LogP contribution in [0.25, 0.3) is 0 Å². The Labute approximate surface area is 86.7 Å². The summed E-state index contributed by atoms with van der Waals surface area (Å²) in [6, 6.07) is 0. The molecule has 2 saturated heterocycles. The largest absolute Gasteiger partial charge is 0.378 e. The maximum absolute atomic E-state index is 5.61. The maximum Gasteiger partial charge on any atom is 0.0610 e. The average Bonchev–Trinajstić information content (AvgIpc) is 2.87. The lowest BCUT2D eigenvalue weighted by molar-refractivity contribution is 0.113. The van der Waals surface area contributed by atoms with Crippen molar-refractivity contribution >= 4 is 0 Å². The molecule has 2 unspecified atom stereocenters. The van der Waals surface area contributed by atoms with E-state index in [4.69, 9.17) is 4.74 Å². The molecule has 0 radical (unpaired) electrons. The molecular formula is C12H21NO. The van der Waals surface area contributed by atoms with E-state index in [1.807, 2.05) is 0 Å². The van der Waals surface area contributed by atoms with Gasteiger partial charge in [0.15, 0.2) is 0 Å². The highest BCUT2D eigenvalue weighted by atomic mass is 16.5. The molecule has 0 aromatic heterocycles. The van der Waals surface area contributed by atoms with Crippen LogP contribution in [0.2, 0.25) is 0 Å². The molecule has 0 amide bonds. The number of hydrogen-bond acceptors (Lipinski definition) is 2. The summed E-state index contributed by atoms with van der Waals surface area (Å²) in [5, 5.41) is 3.41. The lowest BCUT2D eigenvalue weighted by Gasteiger charge is -2.11. The molecule has 2 aliphatic heterocycles. The molecule has 2 nitrogen and oxygen atoms in total. The zero-order valence-corrected chi connectivity index (χ0v) is 9.09. The number of ether oxygens (including phenoxy) is 1. The summed E-state index contributed by atoms with van der Waals surface area (Å²) >= 11 is 0. The van der Waals surface area contributed by atoms with Crippen LogP contribution in [0.15, 0.2) is 11.6 Å². The smallest absolute Gasteiger partial charge is 0.0610 e. The highest BCUT2D eigenvalue weighted by Crippen LogP contribution is 2.21. The molecule has 1 N–H and O–H groups in total. The van der Waals surface area contributed by atoms with Crippen LogP contribution in [0.1, 0.15) is 32.6 Å². The average molecular weight is 195 g/mol. The quantitative estimate of drug-likeness (QED) is 0.696. The van der Waals surface area contributed by atoms with Gasteiger partial charge < -0.3 is 10.1 Å². The van der Waals surface area contributed by atoms with Crippen LogP contribution in [0, 0.1) is 5.92 Å². The Kier molecular flexibility index (Phi) is 3.60. The lowest BCUT2D eigenvalue weighted by atomic mass is 9.98. The van der Waals surface area contributed by atoms with Crippen molar-refractivity contribution in [2.24, 2.45) is 5.92 Å². The summed E-state index contributed by atoms with van der Waals surface area (Å²) in [5.41, 5.74) is 1.56. The van der Waals surface area contributed by atoms with Gasteiger partial charge in [-0.05, 0) is 45.1 Å². The molecule has 2 aliphatic rings. The van der Waals surface area contributed by atoms with E-state index in [1.165, 1.54) is 32.4 Å². The van der Waals surface area contributed by atoms with Gasteiger partial charge in [-0.25, -0.2) is 0 Å². The molecule has 80 valence electrons. The number of hydrogen-bond donors (Lipinski definition) is 1. The monoisotopic (exact) mass is 195 g/mol. The Bertz CT molecular complexity index is 200. The van der Waals surface area contributed by atoms with Gasteiger partial charge in [0, 0.05) is 13.2 Å². The lowest BCUT2D eigenvalue weighted by Crippen LogP contribution is -2.10. The zero-order chi connectivity index (χ0) is 9.80. The van der Waals surface area contributed by atoms with Gasteiger partial charge in [0.05, 0.1) is 6.10 Å². The van der Waals surface area contributed by atoms with Crippen LogP contribution in [-0.2, 0) is 4.74 Å². The van der Waals surface area contributed by atoms with E-state index in [0.717, 1.165) is 18.9 Å². The van der Waals surface area contributed by atoms with Gasteiger partial charge in [-0.15, -0.1) is 0 Å². The second kappa shape index (κ2) is 4.94. The van der Waals surface area contributed by atoms with Gasteiger partial charge in [0.1, 0.15) is 0 Å². The zero-order valence-electron chi connectivity index (χ0n) is 9.09. The van der Waals surface area contributed by atoms with Gasteiger partial charge in [-0.2, -0.15) is 0 Å². The normalized spacial score (nSPS) is 33.9. The van der Waals surface area contributed by atoms with E-state index in [1.54, 1.807) is 5.57 Å². The standard InChI is InChI=1S/C12H21NO/c1-10(11-6-7-13-9-11)4-5-12-3-2-8-14-12/h4,11-13H,2-3,5-9H2,1H3/b10-4+. The summed E-state index contributed by atoms with van der Waals surface area (Å²) in [7, 11) is 0. The van der Waals surface area contributed by atoms with Crippen molar-refractivity contribution in [3.63, 3.8) is 0 Å². The first-order valence-corrected chi connectivity index (χ1v) is 5.85. The molecule has 2 atom stereocenters. The van der Waals surface area contributed by atoms with E-state index in [0.29, 0.717) is 6.10 Å². The summed E-state index contributed by atoms with van der Waals surface area (Å²) in [6.45, 7) is 5.61. The van der Waals surface area contributed by atoms with Gasteiger partial charge in [-0.1, -0.05) is 11.6 Å². The molecule has 0 saturated carbocycles. The van der Waals surface area contributed by atoms with Crippen LogP contribution in [0.3, 0.4) is 0 Å². The Balaban J connectivity index is 1.77. The Morgan fingerprint density at radius 3 is 3.07 bits per heavy atom. The van der Waals surface area contributed by atoms with Crippen LogP contribution in [0.5, 0.6) is 0 Å². The summed E-state index contributed by atoms with van der Waals surface area (Å²) in [6.07, 6.45) is 7.86. The highest BCUT2D eigenvalue weighted by molar-refractivity contribution is 5.06. The van der Waals surface area contributed by atoms with Gasteiger partial charge in [0.25, 0.3) is 0 Å². The van der Waals surface area contributed by atoms with Crippen molar-refractivity contribution in [1.82, 2.24) is 5.32 Å². The van der Waals surface area contributed by atoms with Crippen molar-refractivity contribution in [2.45, 2.75) is 38.7 Å². The predicted octanol–water partition coefficient (Wildman–Crippen LogP) is 2.11. The van der Waals surface area contributed by atoms with Crippen LogP contribution >= 0.6 is 0 Å². The molecule has 14 heavy (non-hydrogen) atoms. The second-order valence-electron chi connectivity index (χ2n) is 4.51. The molecule has 0 aromatic rings. The van der Waals surface area contributed by atoms with Crippen LogP contribution in [-0.4, -0.2) is 25.8 Å². The fourth-order valence-corrected chi connectivity index (χ4v) is 2.36. The van der Waals surface area contributed by atoms with E-state index in [9.17, 15) is 0 Å². The van der Waals surface area contributed by atoms with Crippen molar-refractivity contribution in [2.75, 3.05) is 19.7 Å². The number of nitrogens with one attached hydrogen (secondary N) is 1. The topological polar surface area (TPSA) is 21.3 Å². The Morgan fingerprint density at radius 2 is 2.43 bits per heavy atom. The van der Waals surface area contributed by atoms with Gasteiger partial charge >= 0.3 is 0 Å². The Morgan fingerprint density at radius 1 is 1.50 bits per heavy atom. The SMILES string of the molecule is C/C(=C\CC1CCCO1)C1CCNC1. The molecule has 0 spiro atoms. The fourth-order valence-electron chi connectivity index (χ4n) is 2.36. The molecule has 2 fully saturated rings. The van der Waals surface area contributed by atoms with Crippen LogP contribution < -0.4 is 5.32 Å². The molecular weight excluding hydrogens is 174 g/mol. The van der Waals surface area contributed by atoms with Crippen molar-refractivity contribution in [1.29, 1.82) is 0 Å². The first kappa shape index (κ1) is 10.2. The van der Waals surface area contributed by atoms with E-state index < -0.39 is 0 Å². The highest BCUT2D eigenvalue weighted by Gasteiger charge is 2.17. The Hall–Kier alpha value is -0.340. The summed E-state index contributed by atoms with van der Waals surface area (Å²) < 4.78 is 5.61. The minimum atomic E-state index is 0.513. The fraction of sp³-hybridized carbons (Fsp3) is 0.833. The maximum atomic E-state index is 5.61. The molecule has 0 aromatic carbocycles. The minimum Gasteiger partial charge on any atom is -0.378 e. The molecule has 0 aliphatic carbocycles. The predicted molar refractivity (Wildman–Crippen MR) is 58.3 cm³/mol. The first-order valence-electron chi connectivity index (χ1n) is 5.85. The van der Waals surface area contributed by atoms with Gasteiger partial charge in [0.2, 0.25) is 0 Å². The summed E-state index contributed by atoms with van der Waals surface area (Å²) in [4.78, 5) is 0. The third-order valence-corrected chi connectivity index (χ3v) is 3.43. The molecule has 2 heteroatoms.